The first-order chi connectivity index (χ1) is 12.6. The van der Waals surface area contributed by atoms with E-state index in [9.17, 15) is 9.50 Å². The molecule has 8 heteroatoms. The number of aryl methyl sites for hydroxylation is 1. The van der Waals surface area contributed by atoms with Crippen molar-refractivity contribution in [1.29, 1.82) is 0 Å². The zero-order valence-corrected chi connectivity index (χ0v) is 15.8. The quantitative estimate of drug-likeness (QED) is 0.585. The largest absolute Gasteiger partial charge is 0.492 e. The van der Waals surface area contributed by atoms with E-state index in [4.69, 9.17) is 0 Å². The van der Waals surface area contributed by atoms with E-state index in [1.54, 1.807) is 0 Å². The van der Waals surface area contributed by atoms with Gasteiger partial charge in [0.25, 0.3) is 0 Å². The first-order valence-corrected chi connectivity index (χ1v) is 9.87. The molecule has 0 bridgehead atoms. The summed E-state index contributed by atoms with van der Waals surface area (Å²) in [6.07, 6.45) is 0.733. The fourth-order valence-electron chi connectivity index (χ4n) is 3.64. The molecule has 4 rings (SSSR count). The van der Waals surface area contributed by atoms with E-state index < -0.39 is 0 Å². The third-order valence-corrected chi connectivity index (χ3v) is 6.26. The minimum absolute atomic E-state index is 0.0396. The molecular weight excluding hydrogens is 353 g/mol. The minimum Gasteiger partial charge on any atom is -0.492 e. The normalized spacial score (nSPS) is 22.0. The lowest BCUT2D eigenvalue weighted by atomic mass is 10.0. The monoisotopic (exact) mass is 377 g/mol. The number of nitrogens with zero attached hydrogens (tertiary/aromatic N) is 3. The van der Waals surface area contributed by atoms with Gasteiger partial charge in [-0.1, -0.05) is 18.3 Å². The average molecular weight is 377 g/mol. The highest BCUT2D eigenvalue weighted by molar-refractivity contribution is 7.17. The fraction of sp³-hybridized carbons (Fsp3) is 0.444. The maximum Gasteiger partial charge on any atom is 0.235 e. The number of fused-ring (bicyclic) bond motifs is 1. The molecule has 0 unspecified atom stereocenters. The number of piperazine rings is 1. The number of quaternary nitrogens is 2. The van der Waals surface area contributed by atoms with Crippen LogP contribution < -0.4 is 9.80 Å². The predicted octanol–water partition coefficient (Wildman–Crippen LogP) is -0.299. The van der Waals surface area contributed by atoms with Crippen LogP contribution in [0.1, 0.15) is 29.2 Å². The lowest BCUT2D eigenvalue weighted by Gasteiger charge is -2.33. The molecule has 138 valence electrons. The predicted molar refractivity (Wildman–Crippen MR) is 97.5 cm³/mol. The Morgan fingerprint density at radius 3 is 2.54 bits per heavy atom. The van der Waals surface area contributed by atoms with E-state index in [1.165, 1.54) is 37.8 Å². The second-order valence-electron chi connectivity index (χ2n) is 6.97. The lowest BCUT2D eigenvalue weighted by Crippen LogP contribution is -3.27. The summed E-state index contributed by atoms with van der Waals surface area (Å²) in [6, 6.07) is 6.59. The van der Waals surface area contributed by atoms with E-state index in [0.29, 0.717) is 4.96 Å². The zero-order valence-electron chi connectivity index (χ0n) is 15.0. The number of hydrogen-bond acceptors (Lipinski definition) is 4. The van der Waals surface area contributed by atoms with Crippen LogP contribution in [-0.4, -0.2) is 52.9 Å². The number of nitrogens with one attached hydrogen (secondary N) is 2. The van der Waals surface area contributed by atoms with Crippen LogP contribution in [0, 0.1) is 5.82 Å². The molecule has 1 atom stereocenters. The first-order valence-electron chi connectivity index (χ1n) is 9.05. The van der Waals surface area contributed by atoms with Crippen LogP contribution in [0.4, 0.5) is 4.39 Å². The molecule has 0 saturated carbocycles. The summed E-state index contributed by atoms with van der Waals surface area (Å²) >= 11 is 1.48. The third-order valence-electron chi connectivity index (χ3n) is 5.18. The van der Waals surface area contributed by atoms with Gasteiger partial charge in [-0.15, -0.1) is 5.10 Å². The van der Waals surface area contributed by atoms with Gasteiger partial charge in [-0.2, -0.15) is 4.52 Å². The third kappa shape index (κ3) is 3.08. The number of likely N-dealkylation sites (N-methyl/N-ethyl adjacent to an activating group) is 1. The second-order valence-corrected chi connectivity index (χ2v) is 7.97. The van der Waals surface area contributed by atoms with Crippen molar-refractivity contribution in [2.75, 3.05) is 33.2 Å². The Morgan fingerprint density at radius 1 is 1.23 bits per heavy atom. The molecule has 0 radical (unpaired) electrons. The maximum atomic E-state index is 13.4. The van der Waals surface area contributed by atoms with Gasteiger partial charge < -0.3 is 14.9 Å². The summed E-state index contributed by atoms with van der Waals surface area (Å²) in [5, 5.41) is 15.2. The molecule has 2 aromatic heterocycles. The van der Waals surface area contributed by atoms with Crippen LogP contribution in [0.2, 0.25) is 0 Å². The summed E-state index contributed by atoms with van der Waals surface area (Å²) in [7, 11) is 2.20. The molecule has 0 spiro atoms. The number of aromatic nitrogens is 3. The maximum absolute atomic E-state index is 13.4. The highest BCUT2D eigenvalue weighted by atomic mass is 32.1. The molecule has 6 nitrogen and oxygen atoms in total. The van der Waals surface area contributed by atoms with Crippen LogP contribution in [0.15, 0.2) is 24.3 Å². The van der Waals surface area contributed by atoms with Gasteiger partial charge in [-0.25, -0.2) is 9.37 Å². The number of benzene rings is 1. The van der Waals surface area contributed by atoms with Gasteiger partial charge in [0.05, 0.1) is 7.05 Å². The van der Waals surface area contributed by atoms with Crippen molar-refractivity contribution in [1.82, 2.24) is 14.6 Å². The van der Waals surface area contributed by atoms with Crippen LogP contribution in [0.25, 0.3) is 4.96 Å². The van der Waals surface area contributed by atoms with Crippen LogP contribution in [0.3, 0.4) is 0 Å². The molecule has 1 aliphatic rings. The minimum atomic E-state index is -0.246. The van der Waals surface area contributed by atoms with Crippen molar-refractivity contribution in [2.45, 2.75) is 19.4 Å². The van der Waals surface area contributed by atoms with Gasteiger partial charge >= 0.3 is 0 Å². The Kier molecular flexibility index (Phi) is 4.64. The van der Waals surface area contributed by atoms with Gasteiger partial charge in [0.15, 0.2) is 11.9 Å². The second kappa shape index (κ2) is 6.94. The summed E-state index contributed by atoms with van der Waals surface area (Å²) in [6.45, 7) is 6.15. The van der Waals surface area contributed by atoms with E-state index in [0.717, 1.165) is 48.9 Å². The summed E-state index contributed by atoms with van der Waals surface area (Å²) < 4.78 is 15.0. The van der Waals surface area contributed by atoms with E-state index >= 15 is 0 Å². The summed E-state index contributed by atoms with van der Waals surface area (Å²) in [5.74, 6) is 0.641. The number of thiazole rings is 1. The van der Waals surface area contributed by atoms with Crippen LogP contribution in [0.5, 0.6) is 5.88 Å². The molecular formula is C18H24FN5OS+2. The highest BCUT2D eigenvalue weighted by Crippen LogP contribution is 2.35. The van der Waals surface area contributed by atoms with Gasteiger partial charge in [-0.3, -0.25) is 0 Å². The van der Waals surface area contributed by atoms with Crippen molar-refractivity contribution >= 4 is 16.3 Å². The van der Waals surface area contributed by atoms with E-state index in [2.05, 4.69) is 17.1 Å². The van der Waals surface area contributed by atoms with Crippen LogP contribution in [-0.2, 0) is 6.42 Å². The molecule has 1 aromatic carbocycles. The van der Waals surface area contributed by atoms with Crippen LogP contribution >= 0.6 is 11.3 Å². The average Bonchev–Trinajstić information content (AvgIpc) is 3.18. The number of halogens is 1. The summed E-state index contributed by atoms with van der Waals surface area (Å²) in [5.41, 5.74) is 1.01. The Balaban J connectivity index is 1.78. The number of aromatic hydroxyl groups is 1. The topological polar surface area (TPSA) is 59.3 Å². The number of hydrogen-bond donors (Lipinski definition) is 3. The molecule has 26 heavy (non-hydrogen) atoms. The van der Waals surface area contributed by atoms with Gasteiger partial charge in [-0.05, 0) is 24.3 Å². The van der Waals surface area contributed by atoms with Crippen molar-refractivity contribution in [2.24, 2.45) is 0 Å². The Hall–Kier alpha value is -2.03. The van der Waals surface area contributed by atoms with Crippen molar-refractivity contribution < 1.29 is 19.3 Å². The van der Waals surface area contributed by atoms with E-state index in [-0.39, 0.29) is 17.7 Å². The molecule has 0 amide bonds. The fourth-order valence-corrected chi connectivity index (χ4v) is 4.80. The van der Waals surface area contributed by atoms with Crippen molar-refractivity contribution in [3.63, 3.8) is 0 Å². The molecule has 1 fully saturated rings. The van der Waals surface area contributed by atoms with Gasteiger partial charge in [0.1, 0.15) is 36.9 Å². The molecule has 1 aliphatic heterocycles. The lowest BCUT2D eigenvalue weighted by molar-refractivity contribution is -1.02. The highest BCUT2D eigenvalue weighted by Gasteiger charge is 2.35. The summed E-state index contributed by atoms with van der Waals surface area (Å²) in [4.78, 5) is 8.96. The van der Waals surface area contributed by atoms with E-state index in [1.807, 2.05) is 19.1 Å². The van der Waals surface area contributed by atoms with Gasteiger partial charge in [0, 0.05) is 12.0 Å². The standard InChI is InChI=1S/C18H22FN5OS/c1-3-14-20-18-24(21-14)17(25)16(26-18)15(12-4-6-13(19)7-5-12)23-10-8-22(2)9-11-23/h4-7,15,25H,3,8-11H2,1-2H3/p+2/t15-/m0/s1. The number of rotatable bonds is 4. The van der Waals surface area contributed by atoms with Crippen molar-refractivity contribution in [3.05, 3.63) is 46.3 Å². The molecule has 0 aliphatic carbocycles. The zero-order chi connectivity index (χ0) is 18.3. The molecule has 3 heterocycles. The molecule has 1 saturated heterocycles. The molecule has 3 aromatic rings. The van der Waals surface area contributed by atoms with Gasteiger partial charge in [0.2, 0.25) is 10.8 Å². The Labute approximate surface area is 155 Å². The van der Waals surface area contributed by atoms with Crippen molar-refractivity contribution in [3.8, 4) is 5.88 Å². The first kappa shape index (κ1) is 17.4. The Bertz CT molecular complexity index is 898. The Morgan fingerprint density at radius 2 is 1.92 bits per heavy atom. The molecule has 3 N–H and O–H groups in total. The SMILES string of the molecule is CCc1nc2sc([C@H](c3ccc(F)cc3)[NH+]3CC[NH+](C)CC3)c(O)n2n1. The smallest absolute Gasteiger partial charge is 0.235 e.